The van der Waals surface area contributed by atoms with Gasteiger partial charge in [0.15, 0.2) is 5.65 Å². The van der Waals surface area contributed by atoms with Crippen LogP contribution in [0.25, 0.3) is 16.8 Å². The number of likely N-dealkylation sites (tertiary alicyclic amines) is 1. The number of halogens is 1. The van der Waals surface area contributed by atoms with Crippen molar-refractivity contribution in [1.29, 1.82) is 0 Å². The number of anilines is 1. The van der Waals surface area contributed by atoms with Crippen LogP contribution in [0.1, 0.15) is 35.6 Å². The van der Waals surface area contributed by atoms with E-state index in [4.69, 9.17) is 4.98 Å². The number of rotatable bonds is 7. The second-order valence-electron chi connectivity index (χ2n) is 9.65. The third kappa shape index (κ3) is 5.43. The fraction of sp³-hybridized carbons (Fsp3) is 0.233. The second-order valence-corrected chi connectivity index (χ2v) is 10.5. The van der Waals surface area contributed by atoms with Crippen molar-refractivity contribution < 1.29 is 0 Å². The summed E-state index contributed by atoms with van der Waals surface area (Å²) in [6.07, 6.45) is 7.80. The summed E-state index contributed by atoms with van der Waals surface area (Å²) in [6, 6.07) is 25.8. The van der Waals surface area contributed by atoms with E-state index in [1.807, 2.05) is 23.0 Å². The predicted octanol–water partition coefficient (Wildman–Crippen LogP) is 6.55. The molecule has 0 saturated carbocycles. The largest absolute Gasteiger partial charge is 0.366 e. The molecule has 3 aromatic heterocycles. The summed E-state index contributed by atoms with van der Waals surface area (Å²) in [5.41, 5.74) is 6.96. The molecule has 0 radical (unpaired) electrons. The molecule has 0 bridgehead atoms. The van der Waals surface area contributed by atoms with Gasteiger partial charge in [-0.05, 0) is 63.6 Å². The van der Waals surface area contributed by atoms with E-state index in [1.54, 1.807) is 6.20 Å². The molecule has 1 N–H and O–H groups in total. The summed E-state index contributed by atoms with van der Waals surface area (Å²) in [6.45, 7) is 3.75. The number of piperidine rings is 1. The van der Waals surface area contributed by atoms with Crippen LogP contribution in [0.3, 0.4) is 0 Å². The van der Waals surface area contributed by atoms with E-state index in [-0.39, 0.29) is 0 Å². The Morgan fingerprint density at radius 2 is 1.76 bits per heavy atom. The van der Waals surface area contributed by atoms with Crippen molar-refractivity contribution >= 4 is 27.4 Å². The molecule has 1 aliphatic heterocycles. The van der Waals surface area contributed by atoms with Crippen molar-refractivity contribution in [2.24, 2.45) is 0 Å². The van der Waals surface area contributed by atoms with E-state index < -0.39 is 0 Å². The Morgan fingerprint density at radius 1 is 0.919 bits per heavy atom. The van der Waals surface area contributed by atoms with Crippen LogP contribution < -0.4 is 5.32 Å². The van der Waals surface area contributed by atoms with Crippen LogP contribution in [0.5, 0.6) is 0 Å². The van der Waals surface area contributed by atoms with Crippen LogP contribution in [0.15, 0.2) is 95.9 Å². The van der Waals surface area contributed by atoms with Crippen LogP contribution in [-0.2, 0) is 13.1 Å². The summed E-state index contributed by atoms with van der Waals surface area (Å²) in [7, 11) is 0. The summed E-state index contributed by atoms with van der Waals surface area (Å²) >= 11 is 3.64. The van der Waals surface area contributed by atoms with Crippen LogP contribution in [-0.4, -0.2) is 37.6 Å². The van der Waals surface area contributed by atoms with Gasteiger partial charge in [-0.1, -0.05) is 60.7 Å². The Morgan fingerprint density at radius 3 is 2.57 bits per heavy atom. The zero-order valence-electron chi connectivity index (χ0n) is 20.6. The number of benzene rings is 2. The molecule has 1 saturated heterocycles. The molecule has 1 unspecified atom stereocenters. The molecule has 0 aliphatic carbocycles. The van der Waals surface area contributed by atoms with Crippen LogP contribution in [0.4, 0.5) is 5.82 Å². The van der Waals surface area contributed by atoms with Gasteiger partial charge < -0.3 is 5.32 Å². The zero-order chi connectivity index (χ0) is 25.0. The normalized spacial score (nSPS) is 16.2. The van der Waals surface area contributed by atoms with Crippen LogP contribution >= 0.6 is 15.9 Å². The quantitative estimate of drug-likeness (QED) is 0.248. The van der Waals surface area contributed by atoms with Gasteiger partial charge in [0.05, 0.1) is 16.4 Å². The fourth-order valence-corrected chi connectivity index (χ4v) is 5.47. The maximum atomic E-state index is 5.04. The first-order valence-corrected chi connectivity index (χ1v) is 13.6. The SMILES string of the molecule is Brc1cnn2c(NCc3cccnc3)cc(C3CCCN(Cc4ccc(-c5ccccc5)cc4)C3)nc12. The Hall–Kier alpha value is -3.55. The van der Waals surface area contributed by atoms with Crippen molar-refractivity contribution in [3.8, 4) is 11.1 Å². The lowest BCUT2D eigenvalue weighted by Gasteiger charge is -2.32. The Bertz CT molecular complexity index is 1470. The number of nitrogens with one attached hydrogen (secondary N) is 1. The molecule has 5 aromatic rings. The van der Waals surface area contributed by atoms with E-state index in [0.29, 0.717) is 12.5 Å². The number of pyridine rings is 1. The average molecular weight is 554 g/mol. The second kappa shape index (κ2) is 10.8. The molecule has 186 valence electrons. The first-order chi connectivity index (χ1) is 18.2. The number of fused-ring (bicyclic) bond motifs is 1. The smallest absolute Gasteiger partial charge is 0.171 e. The lowest BCUT2D eigenvalue weighted by molar-refractivity contribution is 0.198. The van der Waals surface area contributed by atoms with Gasteiger partial charge in [-0.3, -0.25) is 9.88 Å². The minimum atomic E-state index is 0.378. The Balaban J connectivity index is 1.18. The fourth-order valence-electron chi connectivity index (χ4n) is 5.12. The van der Waals surface area contributed by atoms with Gasteiger partial charge in [-0.25, -0.2) is 4.98 Å². The molecule has 1 aliphatic rings. The molecule has 7 heteroatoms. The standard InChI is InChI=1S/C30H29BrN6/c31-27-19-34-37-29(33-18-23-6-4-14-32-17-23)16-28(35-30(27)37)26-9-5-15-36(21-26)20-22-10-12-25(13-11-22)24-7-2-1-3-8-24/h1-4,6-8,10-14,16-17,19,26,33H,5,9,15,18,20-21H2. The molecule has 37 heavy (non-hydrogen) atoms. The maximum Gasteiger partial charge on any atom is 0.171 e. The lowest BCUT2D eigenvalue weighted by Crippen LogP contribution is -2.34. The van der Waals surface area contributed by atoms with Crippen LogP contribution in [0.2, 0.25) is 0 Å². The first-order valence-electron chi connectivity index (χ1n) is 12.8. The van der Waals surface area contributed by atoms with Gasteiger partial charge in [0, 0.05) is 44.0 Å². The molecule has 4 heterocycles. The highest BCUT2D eigenvalue weighted by Gasteiger charge is 2.24. The zero-order valence-corrected chi connectivity index (χ0v) is 22.2. The van der Waals surface area contributed by atoms with Gasteiger partial charge in [0.25, 0.3) is 0 Å². The first kappa shape index (κ1) is 23.8. The molecule has 0 spiro atoms. The van der Waals surface area contributed by atoms with Gasteiger partial charge in [0.1, 0.15) is 5.82 Å². The number of hydrogen-bond donors (Lipinski definition) is 1. The minimum absolute atomic E-state index is 0.378. The Labute approximate surface area is 225 Å². The minimum Gasteiger partial charge on any atom is -0.366 e. The summed E-state index contributed by atoms with van der Waals surface area (Å²) in [5, 5.41) is 8.09. The summed E-state index contributed by atoms with van der Waals surface area (Å²) in [5.74, 6) is 1.33. The van der Waals surface area contributed by atoms with Gasteiger partial charge >= 0.3 is 0 Å². The topological polar surface area (TPSA) is 58.4 Å². The molecular weight excluding hydrogens is 524 g/mol. The number of hydrogen-bond acceptors (Lipinski definition) is 5. The van der Waals surface area contributed by atoms with E-state index >= 15 is 0 Å². The van der Waals surface area contributed by atoms with Crippen molar-refractivity contribution in [3.63, 3.8) is 0 Å². The average Bonchev–Trinajstić information content (AvgIpc) is 3.34. The molecular formula is C30H29BrN6. The van der Waals surface area contributed by atoms with E-state index in [0.717, 1.165) is 53.3 Å². The highest BCUT2D eigenvalue weighted by Crippen LogP contribution is 2.31. The predicted molar refractivity (Wildman–Crippen MR) is 151 cm³/mol. The van der Waals surface area contributed by atoms with E-state index in [9.17, 15) is 0 Å². The van der Waals surface area contributed by atoms with Crippen molar-refractivity contribution in [3.05, 3.63) is 113 Å². The van der Waals surface area contributed by atoms with E-state index in [1.165, 1.54) is 23.1 Å². The molecule has 0 amide bonds. The maximum absolute atomic E-state index is 5.04. The third-order valence-corrected chi connectivity index (χ3v) is 7.60. The third-order valence-electron chi connectivity index (χ3n) is 7.04. The number of nitrogens with zero attached hydrogens (tertiary/aromatic N) is 5. The van der Waals surface area contributed by atoms with Crippen LogP contribution in [0, 0.1) is 0 Å². The van der Waals surface area contributed by atoms with Gasteiger partial charge in [0.2, 0.25) is 0 Å². The van der Waals surface area contributed by atoms with Crippen molar-refractivity contribution in [1.82, 2.24) is 24.5 Å². The number of aromatic nitrogens is 4. The van der Waals surface area contributed by atoms with Crippen molar-refractivity contribution in [2.45, 2.75) is 31.8 Å². The van der Waals surface area contributed by atoms with Gasteiger partial charge in [-0.2, -0.15) is 9.61 Å². The highest BCUT2D eigenvalue weighted by molar-refractivity contribution is 9.10. The van der Waals surface area contributed by atoms with E-state index in [2.05, 4.69) is 103 Å². The Kier molecular flexibility index (Phi) is 6.97. The summed E-state index contributed by atoms with van der Waals surface area (Å²) < 4.78 is 2.78. The molecule has 1 atom stereocenters. The van der Waals surface area contributed by atoms with Crippen molar-refractivity contribution in [2.75, 3.05) is 18.4 Å². The lowest BCUT2D eigenvalue weighted by atomic mass is 9.94. The molecule has 2 aromatic carbocycles. The molecule has 1 fully saturated rings. The molecule has 6 nitrogen and oxygen atoms in total. The molecule has 6 rings (SSSR count). The summed E-state index contributed by atoms with van der Waals surface area (Å²) in [4.78, 5) is 11.8. The monoisotopic (exact) mass is 552 g/mol. The highest BCUT2D eigenvalue weighted by atomic mass is 79.9. The van der Waals surface area contributed by atoms with Gasteiger partial charge in [-0.15, -0.1) is 0 Å².